The van der Waals surface area contributed by atoms with Crippen molar-refractivity contribution in [3.8, 4) is 0 Å². The summed E-state index contributed by atoms with van der Waals surface area (Å²) in [5.41, 5.74) is 2.48. The predicted molar refractivity (Wildman–Crippen MR) is 48.6 cm³/mol. The van der Waals surface area contributed by atoms with Gasteiger partial charge in [-0.2, -0.15) is 0 Å². The van der Waals surface area contributed by atoms with E-state index >= 15 is 0 Å². The van der Waals surface area contributed by atoms with Crippen molar-refractivity contribution >= 4 is 0 Å². The van der Waals surface area contributed by atoms with Crippen LogP contribution in [0.2, 0.25) is 0 Å². The summed E-state index contributed by atoms with van der Waals surface area (Å²) in [5, 5.41) is 19.4. The molecule has 2 heteroatoms. The van der Waals surface area contributed by atoms with E-state index in [1.807, 2.05) is 12.1 Å². The molecule has 0 amide bonds. The summed E-state index contributed by atoms with van der Waals surface area (Å²) in [6.45, 7) is 0. The highest BCUT2D eigenvalue weighted by atomic mass is 16.3. The second-order valence-corrected chi connectivity index (χ2v) is 4.06. The highest BCUT2D eigenvalue weighted by Crippen LogP contribution is 2.52. The van der Waals surface area contributed by atoms with Crippen molar-refractivity contribution in [2.75, 3.05) is 0 Å². The maximum absolute atomic E-state index is 9.68. The lowest BCUT2D eigenvalue weighted by Crippen LogP contribution is -2.30. The van der Waals surface area contributed by atoms with Crippen molar-refractivity contribution in [1.82, 2.24) is 0 Å². The van der Waals surface area contributed by atoms with Gasteiger partial charge in [-0.25, -0.2) is 0 Å². The molecule has 2 nitrogen and oxygen atoms in total. The van der Waals surface area contributed by atoms with Gasteiger partial charge in [0.05, 0.1) is 12.2 Å². The Morgan fingerprint density at radius 1 is 0.923 bits per heavy atom. The van der Waals surface area contributed by atoms with Gasteiger partial charge < -0.3 is 10.2 Å². The number of benzene rings is 1. The van der Waals surface area contributed by atoms with Crippen LogP contribution in [-0.2, 0) is 0 Å². The van der Waals surface area contributed by atoms with Gasteiger partial charge in [-0.15, -0.1) is 0 Å². The average molecular weight is 176 g/mol. The first-order valence-corrected chi connectivity index (χ1v) is 4.74. The fourth-order valence-corrected chi connectivity index (χ4v) is 2.84. The van der Waals surface area contributed by atoms with Crippen molar-refractivity contribution in [3.05, 3.63) is 35.4 Å². The normalized spacial score (nSPS) is 40.8. The van der Waals surface area contributed by atoms with Crippen molar-refractivity contribution in [2.45, 2.75) is 30.5 Å². The molecule has 2 aliphatic rings. The van der Waals surface area contributed by atoms with E-state index in [0.717, 1.165) is 6.42 Å². The first-order chi connectivity index (χ1) is 6.29. The molecule has 0 saturated heterocycles. The minimum absolute atomic E-state index is 0.177. The third kappa shape index (κ3) is 0.798. The van der Waals surface area contributed by atoms with E-state index in [-0.39, 0.29) is 11.8 Å². The smallest absolute Gasteiger partial charge is 0.0873 e. The highest BCUT2D eigenvalue weighted by Gasteiger charge is 2.49. The van der Waals surface area contributed by atoms with E-state index in [4.69, 9.17) is 0 Å². The summed E-state index contributed by atoms with van der Waals surface area (Å²) in [6, 6.07) is 8.13. The minimum Gasteiger partial charge on any atom is -0.390 e. The SMILES string of the molecule is O[C@H]1C2CC(c3ccccc32)[C@@H]1O. The number of fused-ring (bicyclic) bond motifs is 5. The van der Waals surface area contributed by atoms with Crippen LogP contribution in [0, 0.1) is 0 Å². The third-order valence-electron chi connectivity index (χ3n) is 3.48. The molecule has 13 heavy (non-hydrogen) atoms. The average Bonchev–Trinajstić information content (AvgIpc) is 2.66. The first-order valence-electron chi connectivity index (χ1n) is 4.74. The molecule has 1 saturated carbocycles. The van der Waals surface area contributed by atoms with Gasteiger partial charge in [0.15, 0.2) is 0 Å². The second kappa shape index (κ2) is 2.34. The molecular weight excluding hydrogens is 164 g/mol. The van der Waals surface area contributed by atoms with Crippen LogP contribution in [0.4, 0.5) is 0 Å². The standard InChI is InChI=1S/C11H12O2/c12-10-8-5-9(11(10)13)7-4-2-1-3-6(7)8/h1-4,8-13H,5H2/t8?,9?,10-,11-/m0/s1. The molecule has 2 bridgehead atoms. The second-order valence-electron chi connectivity index (χ2n) is 4.06. The summed E-state index contributed by atoms with van der Waals surface area (Å²) < 4.78 is 0. The molecule has 2 N–H and O–H groups in total. The van der Waals surface area contributed by atoms with Crippen LogP contribution in [0.1, 0.15) is 29.4 Å². The maximum atomic E-state index is 9.68. The van der Waals surface area contributed by atoms with Gasteiger partial charge in [0.1, 0.15) is 0 Å². The van der Waals surface area contributed by atoms with Crippen LogP contribution in [0.15, 0.2) is 24.3 Å². The Kier molecular flexibility index (Phi) is 1.35. The Morgan fingerprint density at radius 3 is 1.85 bits per heavy atom. The van der Waals surface area contributed by atoms with E-state index in [2.05, 4.69) is 12.1 Å². The Morgan fingerprint density at radius 2 is 1.38 bits per heavy atom. The van der Waals surface area contributed by atoms with E-state index < -0.39 is 12.2 Å². The van der Waals surface area contributed by atoms with Crippen molar-refractivity contribution < 1.29 is 10.2 Å². The highest BCUT2D eigenvalue weighted by molar-refractivity contribution is 5.43. The molecule has 0 aromatic heterocycles. The zero-order chi connectivity index (χ0) is 9.00. The van der Waals surface area contributed by atoms with Crippen LogP contribution in [0.25, 0.3) is 0 Å². The molecule has 3 rings (SSSR count). The van der Waals surface area contributed by atoms with E-state index in [1.165, 1.54) is 11.1 Å². The lowest BCUT2D eigenvalue weighted by Gasteiger charge is -2.24. The molecule has 1 aromatic carbocycles. The molecular formula is C11H12O2. The molecule has 2 unspecified atom stereocenters. The lowest BCUT2D eigenvalue weighted by molar-refractivity contribution is 0.0217. The van der Waals surface area contributed by atoms with Gasteiger partial charge >= 0.3 is 0 Å². The maximum Gasteiger partial charge on any atom is 0.0873 e. The molecule has 0 aliphatic heterocycles. The Balaban J connectivity index is 2.16. The quantitative estimate of drug-likeness (QED) is 0.619. The van der Waals surface area contributed by atoms with Gasteiger partial charge in [0, 0.05) is 11.8 Å². The number of rotatable bonds is 0. The van der Waals surface area contributed by atoms with Gasteiger partial charge in [0.2, 0.25) is 0 Å². The first kappa shape index (κ1) is 7.54. The van der Waals surface area contributed by atoms with Crippen molar-refractivity contribution in [1.29, 1.82) is 0 Å². The summed E-state index contributed by atoms with van der Waals surface area (Å²) in [6.07, 6.45) is -0.165. The topological polar surface area (TPSA) is 40.5 Å². The molecule has 2 aliphatic carbocycles. The van der Waals surface area contributed by atoms with Crippen LogP contribution in [0.5, 0.6) is 0 Å². The van der Waals surface area contributed by atoms with E-state index in [0.29, 0.717) is 0 Å². The molecule has 0 spiro atoms. The lowest BCUT2D eigenvalue weighted by atomic mass is 9.88. The monoisotopic (exact) mass is 176 g/mol. The van der Waals surface area contributed by atoms with Crippen molar-refractivity contribution in [2.24, 2.45) is 0 Å². The van der Waals surface area contributed by atoms with Gasteiger partial charge in [-0.3, -0.25) is 0 Å². The molecule has 1 fully saturated rings. The number of aliphatic hydroxyl groups is 2. The van der Waals surface area contributed by atoms with Crippen molar-refractivity contribution in [3.63, 3.8) is 0 Å². The van der Waals surface area contributed by atoms with Gasteiger partial charge in [0.25, 0.3) is 0 Å². The molecule has 0 heterocycles. The fraction of sp³-hybridized carbons (Fsp3) is 0.455. The Bertz CT molecular complexity index is 315. The van der Waals surface area contributed by atoms with E-state index in [9.17, 15) is 10.2 Å². The van der Waals surface area contributed by atoms with Crippen LogP contribution in [-0.4, -0.2) is 22.4 Å². The summed E-state index contributed by atoms with van der Waals surface area (Å²) >= 11 is 0. The zero-order valence-electron chi connectivity index (χ0n) is 7.22. The summed E-state index contributed by atoms with van der Waals surface area (Å²) in [5.74, 6) is 0.354. The Hall–Kier alpha value is -0.860. The number of aliphatic hydroxyl groups excluding tert-OH is 2. The third-order valence-corrected chi connectivity index (χ3v) is 3.48. The molecule has 0 radical (unpaired) electrons. The number of hydrogen-bond acceptors (Lipinski definition) is 2. The minimum atomic E-state index is -0.542. The van der Waals surface area contributed by atoms with E-state index in [1.54, 1.807) is 0 Å². The summed E-state index contributed by atoms with van der Waals surface area (Å²) in [7, 11) is 0. The van der Waals surface area contributed by atoms with Crippen LogP contribution < -0.4 is 0 Å². The van der Waals surface area contributed by atoms with Crippen LogP contribution >= 0.6 is 0 Å². The molecule has 1 aromatic rings. The summed E-state index contributed by atoms with van der Waals surface area (Å²) in [4.78, 5) is 0. The predicted octanol–water partition coefficient (Wildman–Crippen LogP) is 0.993. The molecule has 68 valence electrons. The Labute approximate surface area is 76.8 Å². The fourth-order valence-electron chi connectivity index (χ4n) is 2.84. The number of hydrogen-bond donors (Lipinski definition) is 2. The van der Waals surface area contributed by atoms with Crippen LogP contribution in [0.3, 0.4) is 0 Å². The largest absolute Gasteiger partial charge is 0.390 e. The zero-order valence-corrected chi connectivity index (χ0v) is 7.22. The van der Waals surface area contributed by atoms with Gasteiger partial charge in [-0.1, -0.05) is 24.3 Å². The molecule has 4 atom stereocenters. The van der Waals surface area contributed by atoms with Gasteiger partial charge in [-0.05, 0) is 17.5 Å².